The number of hydrogen-bond donors (Lipinski definition) is 2. The molecule has 7 heteroatoms. The van der Waals surface area contributed by atoms with Crippen LogP contribution in [0.2, 0.25) is 5.02 Å². The first-order chi connectivity index (χ1) is 16.2. The van der Waals surface area contributed by atoms with Gasteiger partial charge in [0.2, 0.25) is 5.91 Å². The van der Waals surface area contributed by atoms with Gasteiger partial charge in [-0.05, 0) is 60.7 Å². The van der Waals surface area contributed by atoms with E-state index in [2.05, 4.69) is 10.6 Å². The van der Waals surface area contributed by atoms with Crippen molar-refractivity contribution in [3.8, 4) is 0 Å². The van der Waals surface area contributed by atoms with Gasteiger partial charge in [0.25, 0.3) is 5.91 Å². The van der Waals surface area contributed by atoms with E-state index in [9.17, 15) is 14.4 Å². The lowest BCUT2D eigenvalue weighted by molar-refractivity contribution is -0.134. The first-order valence-corrected chi connectivity index (χ1v) is 11.4. The van der Waals surface area contributed by atoms with Crippen LogP contribution in [0.1, 0.15) is 40.8 Å². The molecule has 1 aliphatic heterocycles. The molecule has 0 aromatic heterocycles. The predicted octanol–water partition coefficient (Wildman–Crippen LogP) is 4.63. The fourth-order valence-electron chi connectivity index (χ4n) is 4.23. The zero-order chi connectivity index (χ0) is 24.5. The summed E-state index contributed by atoms with van der Waals surface area (Å²) in [6, 6.07) is 21.0. The number of urea groups is 1. The van der Waals surface area contributed by atoms with Gasteiger partial charge in [0, 0.05) is 5.02 Å². The number of halogens is 1. The van der Waals surface area contributed by atoms with Crippen LogP contribution >= 0.6 is 11.6 Å². The molecule has 0 radical (unpaired) electrons. The molecule has 2 atom stereocenters. The second-order valence-electron chi connectivity index (χ2n) is 8.58. The Morgan fingerprint density at radius 3 is 2.38 bits per heavy atom. The zero-order valence-electron chi connectivity index (χ0n) is 19.3. The Labute approximate surface area is 203 Å². The van der Waals surface area contributed by atoms with Gasteiger partial charge in [-0.2, -0.15) is 0 Å². The summed E-state index contributed by atoms with van der Waals surface area (Å²) in [5, 5.41) is 6.29. The van der Waals surface area contributed by atoms with Crippen LogP contribution in [0.5, 0.6) is 0 Å². The predicted molar refractivity (Wildman–Crippen MR) is 131 cm³/mol. The van der Waals surface area contributed by atoms with Crippen LogP contribution in [0.3, 0.4) is 0 Å². The van der Waals surface area contributed by atoms with Crippen molar-refractivity contribution in [2.45, 2.75) is 32.4 Å². The van der Waals surface area contributed by atoms with Crippen molar-refractivity contribution in [2.24, 2.45) is 0 Å². The standard InChI is InChI=1S/C27H26ClN3O3/c1-17-12-13-22(14-18(17)2)27(21-9-5-4-6-10-21)25(33)31(26(34)30-27)16-24(32)29-19(3)20-8-7-11-23(28)15-20/h4-15,19H,16H2,1-3H3,(H,29,32)(H,30,34)/t19-,27+/m0/s1. The highest BCUT2D eigenvalue weighted by Gasteiger charge is 2.54. The smallest absolute Gasteiger partial charge is 0.326 e. The van der Waals surface area contributed by atoms with Crippen molar-refractivity contribution in [3.63, 3.8) is 0 Å². The maximum Gasteiger partial charge on any atom is 0.326 e. The Balaban J connectivity index is 1.63. The third-order valence-corrected chi connectivity index (χ3v) is 6.52. The maximum absolute atomic E-state index is 13.8. The fraction of sp³-hybridized carbons (Fsp3) is 0.222. The quantitative estimate of drug-likeness (QED) is 0.510. The lowest BCUT2D eigenvalue weighted by Crippen LogP contribution is -2.46. The van der Waals surface area contributed by atoms with Crippen LogP contribution in [0.25, 0.3) is 0 Å². The highest BCUT2D eigenvalue weighted by molar-refractivity contribution is 6.30. The second kappa shape index (κ2) is 9.31. The van der Waals surface area contributed by atoms with Crippen LogP contribution in [-0.4, -0.2) is 29.3 Å². The highest BCUT2D eigenvalue weighted by Crippen LogP contribution is 2.36. The average molecular weight is 476 g/mol. The van der Waals surface area contributed by atoms with Gasteiger partial charge < -0.3 is 10.6 Å². The van der Waals surface area contributed by atoms with Crippen molar-refractivity contribution in [2.75, 3.05) is 6.54 Å². The van der Waals surface area contributed by atoms with E-state index in [0.717, 1.165) is 21.6 Å². The summed E-state index contributed by atoms with van der Waals surface area (Å²) in [6.45, 7) is 5.37. The van der Waals surface area contributed by atoms with Crippen molar-refractivity contribution in [1.82, 2.24) is 15.5 Å². The summed E-state index contributed by atoms with van der Waals surface area (Å²) in [4.78, 5) is 40.6. The van der Waals surface area contributed by atoms with Crippen molar-refractivity contribution >= 4 is 29.4 Å². The molecular weight excluding hydrogens is 450 g/mol. The van der Waals surface area contributed by atoms with Gasteiger partial charge in [0.15, 0.2) is 5.54 Å². The van der Waals surface area contributed by atoms with Crippen molar-refractivity contribution in [1.29, 1.82) is 0 Å². The molecule has 1 fully saturated rings. The molecule has 1 aliphatic rings. The van der Waals surface area contributed by atoms with Crippen LogP contribution < -0.4 is 10.6 Å². The number of carbonyl (C=O) groups is 3. The molecule has 3 aromatic rings. The summed E-state index contributed by atoms with van der Waals surface area (Å²) < 4.78 is 0. The van der Waals surface area contributed by atoms with Crippen LogP contribution in [0, 0.1) is 13.8 Å². The molecule has 4 rings (SSSR count). The van der Waals surface area contributed by atoms with Gasteiger partial charge in [-0.15, -0.1) is 0 Å². The Bertz CT molecular complexity index is 1260. The first-order valence-electron chi connectivity index (χ1n) is 11.0. The van der Waals surface area contributed by atoms with E-state index in [1.54, 1.807) is 30.3 Å². The van der Waals surface area contributed by atoms with E-state index >= 15 is 0 Å². The minimum Gasteiger partial charge on any atom is -0.348 e. The Kier molecular flexibility index (Phi) is 6.44. The summed E-state index contributed by atoms with van der Waals surface area (Å²) >= 11 is 6.05. The van der Waals surface area contributed by atoms with E-state index in [0.29, 0.717) is 16.1 Å². The van der Waals surface area contributed by atoms with Gasteiger partial charge in [0.1, 0.15) is 6.54 Å². The van der Waals surface area contributed by atoms with Crippen molar-refractivity contribution in [3.05, 3.63) is 106 Å². The molecule has 0 aliphatic carbocycles. The Hall–Kier alpha value is -3.64. The topological polar surface area (TPSA) is 78.5 Å². The number of amides is 4. The van der Waals surface area contributed by atoms with E-state index < -0.39 is 29.9 Å². The first kappa shape index (κ1) is 23.5. The van der Waals surface area contributed by atoms with Crippen LogP contribution in [-0.2, 0) is 15.1 Å². The second-order valence-corrected chi connectivity index (χ2v) is 9.02. The lowest BCUT2D eigenvalue weighted by atomic mass is 9.81. The van der Waals surface area contributed by atoms with Crippen LogP contribution in [0.4, 0.5) is 4.79 Å². The maximum atomic E-state index is 13.8. The number of imide groups is 1. The molecule has 0 saturated carbocycles. The molecule has 1 heterocycles. The van der Waals surface area contributed by atoms with Crippen LogP contribution in [0.15, 0.2) is 72.8 Å². The molecule has 1 saturated heterocycles. The van der Waals surface area contributed by atoms with E-state index in [1.165, 1.54) is 0 Å². The third-order valence-electron chi connectivity index (χ3n) is 6.28. The van der Waals surface area contributed by atoms with Gasteiger partial charge in [-0.25, -0.2) is 4.79 Å². The largest absolute Gasteiger partial charge is 0.348 e. The molecule has 0 spiro atoms. The molecule has 0 bridgehead atoms. The van der Waals surface area contributed by atoms with E-state index in [4.69, 9.17) is 11.6 Å². The number of nitrogens with zero attached hydrogens (tertiary/aromatic N) is 1. The molecule has 34 heavy (non-hydrogen) atoms. The molecule has 2 N–H and O–H groups in total. The average Bonchev–Trinajstić information content (AvgIpc) is 3.07. The number of carbonyl (C=O) groups excluding carboxylic acids is 3. The number of nitrogens with one attached hydrogen (secondary N) is 2. The SMILES string of the molecule is Cc1ccc([C@@]2(c3ccccc3)NC(=O)N(CC(=O)N[C@@H](C)c3cccc(Cl)c3)C2=O)cc1C. The molecular formula is C27H26ClN3O3. The molecule has 6 nitrogen and oxygen atoms in total. The minimum atomic E-state index is -1.41. The van der Waals surface area contributed by atoms with Gasteiger partial charge in [0.05, 0.1) is 6.04 Å². The Morgan fingerprint density at radius 2 is 1.71 bits per heavy atom. The monoisotopic (exact) mass is 475 g/mol. The Morgan fingerprint density at radius 1 is 0.971 bits per heavy atom. The van der Waals surface area contributed by atoms with Gasteiger partial charge in [-0.3, -0.25) is 14.5 Å². The number of aryl methyl sites for hydroxylation is 2. The molecule has 4 amide bonds. The summed E-state index contributed by atoms with van der Waals surface area (Å²) in [6.07, 6.45) is 0. The van der Waals surface area contributed by atoms with Gasteiger partial charge in [-0.1, -0.05) is 72.3 Å². The number of benzene rings is 3. The third kappa shape index (κ3) is 4.29. The number of hydrogen-bond acceptors (Lipinski definition) is 3. The zero-order valence-corrected chi connectivity index (χ0v) is 20.0. The van der Waals surface area contributed by atoms with E-state index in [-0.39, 0.29) is 6.04 Å². The summed E-state index contributed by atoms with van der Waals surface area (Å²) in [5.41, 5.74) is 2.78. The number of rotatable bonds is 6. The summed E-state index contributed by atoms with van der Waals surface area (Å²) in [7, 11) is 0. The fourth-order valence-corrected chi connectivity index (χ4v) is 4.43. The summed E-state index contributed by atoms with van der Waals surface area (Å²) in [5.74, 6) is -0.933. The minimum absolute atomic E-state index is 0.342. The molecule has 3 aromatic carbocycles. The van der Waals surface area contributed by atoms with Crippen molar-refractivity contribution < 1.29 is 14.4 Å². The molecule has 174 valence electrons. The van der Waals surface area contributed by atoms with E-state index in [1.807, 2.05) is 63.2 Å². The van der Waals surface area contributed by atoms with Gasteiger partial charge >= 0.3 is 6.03 Å². The lowest BCUT2D eigenvalue weighted by Gasteiger charge is -2.28. The normalized spacial score (nSPS) is 18.5. The highest BCUT2D eigenvalue weighted by atomic mass is 35.5. The molecule has 0 unspecified atom stereocenters.